The van der Waals surface area contributed by atoms with E-state index in [-0.39, 0.29) is 17.0 Å². The molecule has 1 aromatic heterocycles. The normalized spacial score (nSPS) is 15.4. The quantitative estimate of drug-likeness (QED) is 0.689. The summed E-state index contributed by atoms with van der Waals surface area (Å²) in [5, 5.41) is 2.57. The predicted octanol–water partition coefficient (Wildman–Crippen LogP) is 2.32. The maximum atomic E-state index is 12.8. The van der Waals surface area contributed by atoms with Gasteiger partial charge in [-0.05, 0) is 49.2 Å². The number of rotatable bonds is 7. The summed E-state index contributed by atoms with van der Waals surface area (Å²) in [6, 6.07) is 9.01. The van der Waals surface area contributed by atoms with Gasteiger partial charge in [-0.3, -0.25) is 4.79 Å². The van der Waals surface area contributed by atoms with E-state index < -0.39 is 28.5 Å². The molecule has 1 amide bonds. The van der Waals surface area contributed by atoms with E-state index in [2.05, 4.69) is 5.32 Å². The number of sulfonamides is 1. The smallest absolute Gasteiger partial charge is 0.338 e. The van der Waals surface area contributed by atoms with Gasteiger partial charge in [-0.2, -0.15) is 4.31 Å². The van der Waals surface area contributed by atoms with Gasteiger partial charge in [0.15, 0.2) is 6.61 Å². The van der Waals surface area contributed by atoms with Crippen LogP contribution >= 0.6 is 0 Å². The number of hydrogen-bond donors (Lipinski definition) is 1. The molecule has 0 unspecified atom stereocenters. The zero-order valence-corrected chi connectivity index (χ0v) is 16.8. The third-order valence-electron chi connectivity index (χ3n) is 4.67. The van der Waals surface area contributed by atoms with Gasteiger partial charge in [0.05, 0.1) is 23.3 Å². The fourth-order valence-electron chi connectivity index (χ4n) is 3.06. The van der Waals surface area contributed by atoms with Gasteiger partial charge < -0.3 is 14.5 Å². The predicted molar refractivity (Wildman–Crippen MR) is 105 cm³/mol. The Labute approximate surface area is 169 Å². The first-order valence-corrected chi connectivity index (χ1v) is 11.0. The second-order valence-electron chi connectivity index (χ2n) is 6.77. The molecule has 1 N–H and O–H groups in total. The van der Waals surface area contributed by atoms with Gasteiger partial charge in [0, 0.05) is 13.1 Å². The Morgan fingerprint density at radius 1 is 1.03 bits per heavy atom. The number of hydrogen-bond acceptors (Lipinski definition) is 6. The van der Waals surface area contributed by atoms with E-state index in [1.807, 2.05) is 0 Å². The van der Waals surface area contributed by atoms with Crippen molar-refractivity contribution in [3.63, 3.8) is 0 Å². The average molecular weight is 420 g/mol. The molecule has 0 radical (unpaired) electrons. The fraction of sp³-hybridized carbons (Fsp3) is 0.400. The van der Waals surface area contributed by atoms with Crippen LogP contribution in [0.5, 0.6) is 0 Å². The van der Waals surface area contributed by atoms with Crippen LogP contribution in [0.4, 0.5) is 0 Å². The summed E-state index contributed by atoms with van der Waals surface area (Å²) in [7, 11) is -3.57. The number of furan rings is 1. The third-order valence-corrected chi connectivity index (χ3v) is 6.58. The van der Waals surface area contributed by atoms with Crippen LogP contribution in [-0.4, -0.2) is 44.3 Å². The topological polar surface area (TPSA) is 106 Å². The Morgan fingerprint density at radius 3 is 2.34 bits per heavy atom. The second kappa shape index (κ2) is 9.71. The van der Waals surface area contributed by atoms with Crippen LogP contribution in [0.25, 0.3) is 0 Å². The summed E-state index contributed by atoms with van der Waals surface area (Å²) in [5.74, 6) is -0.571. The molecule has 0 atom stereocenters. The van der Waals surface area contributed by atoms with Crippen molar-refractivity contribution in [2.75, 3.05) is 19.7 Å². The number of nitrogens with zero attached hydrogens (tertiary/aromatic N) is 1. The van der Waals surface area contributed by atoms with Crippen LogP contribution in [0.15, 0.2) is 52.0 Å². The zero-order valence-electron chi connectivity index (χ0n) is 16.0. The largest absolute Gasteiger partial charge is 0.467 e. The molecule has 8 nitrogen and oxygen atoms in total. The second-order valence-corrected chi connectivity index (χ2v) is 8.71. The highest BCUT2D eigenvalue weighted by molar-refractivity contribution is 7.89. The van der Waals surface area contributed by atoms with Crippen LogP contribution in [0.3, 0.4) is 0 Å². The van der Waals surface area contributed by atoms with Crippen molar-refractivity contribution in [3.8, 4) is 0 Å². The summed E-state index contributed by atoms with van der Waals surface area (Å²) < 4.78 is 37.1. The van der Waals surface area contributed by atoms with Gasteiger partial charge in [0.25, 0.3) is 5.91 Å². The van der Waals surface area contributed by atoms with Crippen molar-refractivity contribution in [1.29, 1.82) is 0 Å². The first-order chi connectivity index (χ1) is 14.0. The number of carbonyl (C=O) groups is 2. The van der Waals surface area contributed by atoms with Gasteiger partial charge in [-0.25, -0.2) is 13.2 Å². The van der Waals surface area contributed by atoms with Gasteiger partial charge in [0.2, 0.25) is 10.0 Å². The van der Waals surface area contributed by atoms with E-state index in [1.54, 1.807) is 12.1 Å². The standard InChI is InChI=1S/C20H24N2O6S/c23-19(21-14-17-6-5-13-27-17)15-28-20(24)16-7-9-18(10-8-16)29(25,26)22-11-3-1-2-4-12-22/h5-10,13H,1-4,11-12,14-15H2,(H,21,23). The molecule has 0 saturated carbocycles. The van der Waals surface area contributed by atoms with E-state index in [9.17, 15) is 18.0 Å². The Kier molecular flexibility index (Phi) is 7.05. The maximum Gasteiger partial charge on any atom is 0.338 e. The zero-order chi connectivity index (χ0) is 20.7. The van der Waals surface area contributed by atoms with E-state index in [4.69, 9.17) is 9.15 Å². The molecule has 0 spiro atoms. The van der Waals surface area contributed by atoms with Crippen LogP contribution in [-0.2, 0) is 26.1 Å². The molecule has 3 rings (SSSR count). The molecule has 1 aliphatic rings. The lowest BCUT2D eigenvalue weighted by Gasteiger charge is -2.19. The van der Waals surface area contributed by atoms with Gasteiger partial charge in [-0.15, -0.1) is 0 Å². The molecule has 2 aromatic rings. The fourth-order valence-corrected chi connectivity index (χ4v) is 4.58. The van der Waals surface area contributed by atoms with Gasteiger partial charge >= 0.3 is 5.97 Å². The highest BCUT2D eigenvalue weighted by Gasteiger charge is 2.25. The lowest BCUT2D eigenvalue weighted by atomic mass is 10.2. The molecule has 9 heteroatoms. The van der Waals surface area contributed by atoms with Crippen molar-refractivity contribution in [1.82, 2.24) is 9.62 Å². The molecular weight excluding hydrogens is 396 g/mol. The summed E-state index contributed by atoms with van der Waals surface area (Å²) >= 11 is 0. The van der Waals surface area contributed by atoms with Crippen LogP contribution in [0.2, 0.25) is 0 Å². The summed E-state index contributed by atoms with van der Waals surface area (Å²) in [4.78, 5) is 24.0. The molecule has 0 aliphatic carbocycles. The van der Waals surface area contributed by atoms with E-state index >= 15 is 0 Å². The van der Waals surface area contributed by atoms with Crippen molar-refractivity contribution in [2.45, 2.75) is 37.1 Å². The Morgan fingerprint density at radius 2 is 1.72 bits per heavy atom. The number of carbonyl (C=O) groups excluding carboxylic acids is 2. The molecule has 29 heavy (non-hydrogen) atoms. The van der Waals surface area contributed by atoms with Gasteiger partial charge in [0.1, 0.15) is 5.76 Å². The molecule has 1 fully saturated rings. The van der Waals surface area contributed by atoms with Crippen molar-refractivity contribution in [3.05, 3.63) is 54.0 Å². The Hall–Kier alpha value is -2.65. The monoisotopic (exact) mass is 420 g/mol. The molecule has 2 heterocycles. The third kappa shape index (κ3) is 5.68. The molecule has 1 saturated heterocycles. The summed E-state index contributed by atoms with van der Waals surface area (Å²) in [5.41, 5.74) is 0.179. The minimum Gasteiger partial charge on any atom is -0.467 e. The van der Waals surface area contributed by atoms with E-state index in [0.717, 1.165) is 25.7 Å². The summed E-state index contributed by atoms with van der Waals surface area (Å²) in [6.45, 7) is 0.790. The van der Waals surface area contributed by atoms with Crippen LogP contribution in [0, 0.1) is 0 Å². The van der Waals surface area contributed by atoms with Gasteiger partial charge in [-0.1, -0.05) is 12.8 Å². The molecule has 1 aliphatic heterocycles. The highest BCUT2D eigenvalue weighted by Crippen LogP contribution is 2.20. The Bertz CT molecular complexity index is 914. The number of ether oxygens (including phenoxy) is 1. The number of nitrogens with one attached hydrogen (secondary N) is 1. The highest BCUT2D eigenvalue weighted by atomic mass is 32.2. The molecule has 0 bridgehead atoms. The first kappa shape index (κ1) is 21.1. The average Bonchev–Trinajstić information content (AvgIpc) is 3.09. The lowest BCUT2D eigenvalue weighted by Crippen LogP contribution is -2.32. The van der Waals surface area contributed by atoms with Crippen molar-refractivity contribution < 1.29 is 27.2 Å². The van der Waals surface area contributed by atoms with E-state index in [1.165, 1.54) is 34.8 Å². The molecular formula is C20H24N2O6S. The lowest BCUT2D eigenvalue weighted by molar-refractivity contribution is -0.124. The molecule has 156 valence electrons. The number of esters is 1. The minimum atomic E-state index is -3.57. The van der Waals surface area contributed by atoms with Crippen LogP contribution < -0.4 is 5.32 Å². The minimum absolute atomic E-state index is 0.146. The number of benzene rings is 1. The molecule has 1 aromatic carbocycles. The van der Waals surface area contributed by atoms with Crippen LogP contribution in [0.1, 0.15) is 41.8 Å². The van der Waals surface area contributed by atoms with E-state index in [0.29, 0.717) is 18.8 Å². The SMILES string of the molecule is O=C(COC(=O)c1ccc(S(=O)(=O)N2CCCCCC2)cc1)NCc1ccco1. The maximum absolute atomic E-state index is 12.8. The summed E-state index contributed by atoms with van der Waals surface area (Å²) in [6.07, 6.45) is 5.27. The Balaban J connectivity index is 1.53. The van der Waals surface area contributed by atoms with Crippen molar-refractivity contribution in [2.24, 2.45) is 0 Å². The first-order valence-electron chi connectivity index (χ1n) is 9.53. The number of amides is 1. The van der Waals surface area contributed by atoms with Crippen molar-refractivity contribution >= 4 is 21.9 Å².